The molecule has 0 bridgehead atoms. The summed E-state index contributed by atoms with van der Waals surface area (Å²) >= 11 is 0. The summed E-state index contributed by atoms with van der Waals surface area (Å²) in [5.74, 6) is -0.191. The van der Waals surface area contributed by atoms with Crippen LogP contribution in [0.3, 0.4) is 0 Å². The Labute approximate surface area is 89.9 Å². The van der Waals surface area contributed by atoms with Crippen LogP contribution >= 0.6 is 0 Å². The van der Waals surface area contributed by atoms with Crippen LogP contribution in [0, 0.1) is 0 Å². The highest BCUT2D eigenvalue weighted by atomic mass is 16.2. The van der Waals surface area contributed by atoms with Crippen LogP contribution < -0.4 is 5.01 Å². The van der Waals surface area contributed by atoms with E-state index in [0.29, 0.717) is 0 Å². The molecule has 1 amide bonds. The zero-order valence-corrected chi connectivity index (χ0v) is 8.76. The molecule has 0 saturated heterocycles. The molecule has 0 aliphatic carbocycles. The van der Waals surface area contributed by atoms with E-state index in [1.807, 2.05) is 30.3 Å². The van der Waals surface area contributed by atoms with E-state index in [9.17, 15) is 4.79 Å². The van der Waals surface area contributed by atoms with E-state index >= 15 is 0 Å². The van der Waals surface area contributed by atoms with Crippen molar-refractivity contribution in [1.82, 2.24) is 5.01 Å². The lowest BCUT2D eigenvalue weighted by Crippen LogP contribution is -2.40. The quantitative estimate of drug-likeness (QED) is 0.552. The predicted molar refractivity (Wildman–Crippen MR) is 62.1 cm³/mol. The molecule has 0 N–H and O–H groups in total. The lowest BCUT2D eigenvalue weighted by Gasteiger charge is -2.29. The summed E-state index contributed by atoms with van der Waals surface area (Å²) in [5, 5.41) is 3.10. The summed E-state index contributed by atoms with van der Waals surface area (Å²) < 4.78 is 0. The monoisotopic (exact) mass is 202 g/mol. The fraction of sp³-hybridized carbons (Fsp3) is 0.0833. The van der Waals surface area contributed by atoms with E-state index < -0.39 is 0 Å². The third-order valence-corrected chi connectivity index (χ3v) is 1.96. The molecule has 0 atom stereocenters. The average Bonchev–Trinajstić information content (AvgIpc) is 2.30. The van der Waals surface area contributed by atoms with Crippen molar-refractivity contribution < 1.29 is 4.79 Å². The molecule has 3 nitrogen and oxygen atoms in total. The second-order valence-electron chi connectivity index (χ2n) is 2.95. The van der Waals surface area contributed by atoms with Crippen LogP contribution in [-0.4, -0.2) is 18.0 Å². The van der Waals surface area contributed by atoms with Gasteiger partial charge in [0.2, 0.25) is 0 Å². The number of para-hydroxylation sites is 1. The molecule has 1 rings (SSSR count). The third-order valence-electron chi connectivity index (χ3n) is 1.96. The predicted octanol–water partition coefficient (Wildman–Crippen LogP) is 2.20. The van der Waals surface area contributed by atoms with Crippen molar-refractivity contribution in [3.63, 3.8) is 0 Å². The first kappa shape index (κ1) is 11.0. The first-order chi connectivity index (χ1) is 7.20. The number of benzene rings is 1. The SMILES string of the molecule is C=CC(=O)N(c1ccccc1)N(C)C=C. The number of nitrogens with zero attached hydrogens (tertiary/aromatic N) is 2. The van der Waals surface area contributed by atoms with E-state index in [1.165, 1.54) is 11.1 Å². The van der Waals surface area contributed by atoms with Crippen LogP contribution in [0.1, 0.15) is 0 Å². The highest BCUT2D eigenvalue weighted by Gasteiger charge is 2.14. The standard InChI is InChI=1S/C12H14N2O/c1-4-12(15)14(13(3)5-2)11-9-7-6-8-10-11/h4-10H,1-2H2,3H3. The molecule has 3 heteroatoms. The number of hydrogen-bond donors (Lipinski definition) is 0. The number of carbonyl (C=O) groups is 1. The van der Waals surface area contributed by atoms with Gasteiger partial charge in [-0.05, 0) is 18.2 Å². The van der Waals surface area contributed by atoms with Gasteiger partial charge in [0.05, 0.1) is 5.69 Å². The lowest BCUT2D eigenvalue weighted by molar-refractivity contribution is -0.116. The Bertz CT molecular complexity index is 359. The molecule has 1 aromatic rings. The Morgan fingerprint density at radius 2 is 1.87 bits per heavy atom. The summed E-state index contributed by atoms with van der Waals surface area (Å²) in [7, 11) is 1.75. The molecule has 0 aliphatic heterocycles. The second kappa shape index (κ2) is 5.00. The molecular formula is C12H14N2O. The van der Waals surface area contributed by atoms with Crippen molar-refractivity contribution in [3.05, 3.63) is 55.8 Å². The maximum Gasteiger partial charge on any atom is 0.269 e. The largest absolute Gasteiger partial charge is 0.289 e. The highest BCUT2D eigenvalue weighted by Crippen LogP contribution is 2.15. The van der Waals surface area contributed by atoms with Gasteiger partial charge in [-0.1, -0.05) is 31.4 Å². The number of hydrogen-bond acceptors (Lipinski definition) is 2. The summed E-state index contributed by atoms with van der Waals surface area (Å²) in [6.07, 6.45) is 2.83. The maximum atomic E-state index is 11.6. The zero-order chi connectivity index (χ0) is 11.3. The van der Waals surface area contributed by atoms with Crippen LogP contribution in [0.4, 0.5) is 5.69 Å². The van der Waals surface area contributed by atoms with Gasteiger partial charge >= 0.3 is 0 Å². The maximum absolute atomic E-state index is 11.6. The summed E-state index contributed by atoms with van der Waals surface area (Å²) in [6.45, 7) is 7.09. The van der Waals surface area contributed by atoms with Gasteiger partial charge in [-0.15, -0.1) is 0 Å². The first-order valence-corrected chi connectivity index (χ1v) is 4.57. The molecular weight excluding hydrogens is 188 g/mol. The summed E-state index contributed by atoms with van der Waals surface area (Å²) in [5.41, 5.74) is 0.782. The van der Waals surface area contributed by atoms with Gasteiger partial charge in [0.1, 0.15) is 0 Å². The smallest absolute Gasteiger partial charge is 0.269 e. The van der Waals surface area contributed by atoms with Crippen molar-refractivity contribution in [2.45, 2.75) is 0 Å². The average molecular weight is 202 g/mol. The van der Waals surface area contributed by atoms with E-state index in [2.05, 4.69) is 13.2 Å². The molecule has 0 aromatic heterocycles. The normalized spacial score (nSPS) is 9.13. The molecule has 0 saturated carbocycles. The van der Waals surface area contributed by atoms with Crippen molar-refractivity contribution in [1.29, 1.82) is 0 Å². The van der Waals surface area contributed by atoms with Crippen LogP contribution in [0.2, 0.25) is 0 Å². The minimum Gasteiger partial charge on any atom is -0.289 e. The minimum atomic E-state index is -0.191. The number of rotatable bonds is 4. The molecule has 0 radical (unpaired) electrons. The van der Waals surface area contributed by atoms with Gasteiger partial charge in [0.15, 0.2) is 0 Å². The lowest BCUT2D eigenvalue weighted by atomic mass is 10.3. The number of amides is 1. The zero-order valence-electron chi connectivity index (χ0n) is 8.76. The summed E-state index contributed by atoms with van der Waals surface area (Å²) in [6, 6.07) is 9.34. The molecule has 0 spiro atoms. The fourth-order valence-corrected chi connectivity index (χ4v) is 1.20. The van der Waals surface area contributed by atoms with Gasteiger partial charge in [-0.3, -0.25) is 9.80 Å². The van der Waals surface area contributed by atoms with Gasteiger partial charge in [-0.25, -0.2) is 5.01 Å². The van der Waals surface area contributed by atoms with Crippen molar-refractivity contribution >= 4 is 11.6 Å². The van der Waals surface area contributed by atoms with Crippen LogP contribution in [-0.2, 0) is 4.79 Å². The number of carbonyl (C=O) groups excluding carboxylic acids is 1. The summed E-state index contributed by atoms with van der Waals surface area (Å²) in [4.78, 5) is 11.6. The molecule has 0 fully saturated rings. The van der Waals surface area contributed by atoms with E-state index in [-0.39, 0.29) is 5.91 Å². The van der Waals surface area contributed by atoms with E-state index in [4.69, 9.17) is 0 Å². The van der Waals surface area contributed by atoms with Crippen molar-refractivity contribution in [3.8, 4) is 0 Å². The first-order valence-electron chi connectivity index (χ1n) is 4.57. The minimum absolute atomic E-state index is 0.191. The molecule has 0 heterocycles. The van der Waals surface area contributed by atoms with Crippen LogP contribution in [0.25, 0.3) is 0 Å². The number of hydrazine groups is 1. The molecule has 78 valence electrons. The highest BCUT2D eigenvalue weighted by molar-refractivity contribution is 6.00. The molecule has 1 aromatic carbocycles. The van der Waals surface area contributed by atoms with E-state index in [1.54, 1.807) is 18.3 Å². The Hall–Kier alpha value is -2.03. The molecule has 15 heavy (non-hydrogen) atoms. The fourth-order valence-electron chi connectivity index (χ4n) is 1.20. The van der Waals surface area contributed by atoms with E-state index in [0.717, 1.165) is 5.69 Å². The second-order valence-corrected chi connectivity index (χ2v) is 2.95. The Kier molecular flexibility index (Phi) is 3.68. The Morgan fingerprint density at radius 3 is 2.33 bits per heavy atom. The molecule has 0 unspecified atom stereocenters. The molecule has 0 aliphatic rings. The topological polar surface area (TPSA) is 23.6 Å². The Morgan fingerprint density at radius 1 is 1.27 bits per heavy atom. The van der Waals surface area contributed by atoms with Gasteiger partial charge in [0.25, 0.3) is 5.91 Å². The van der Waals surface area contributed by atoms with Crippen LogP contribution in [0.15, 0.2) is 55.8 Å². The van der Waals surface area contributed by atoms with Gasteiger partial charge in [0, 0.05) is 13.2 Å². The Balaban J connectivity index is 3.06. The van der Waals surface area contributed by atoms with Gasteiger partial charge < -0.3 is 0 Å². The van der Waals surface area contributed by atoms with Crippen LogP contribution in [0.5, 0.6) is 0 Å². The third kappa shape index (κ3) is 2.47. The van der Waals surface area contributed by atoms with Crippen molar-refractivity contribution in [2.75, 3.05) is 12.1 Å². The van der Waals surface area contributed by atoms with Crippen molar-refractivity contribution in [2.24, 2.45) is 0 Å². The van der Waals surface area contributed by atoms with Gasteiger partial charge in [-0.2, -0.15) is 0 Å². The number of anilines is 1.